The summed E-state index contributed by atoms with van der Waals surface area (Å²) in [5.41, 5.74) is -0.952. The third kappa shape index (κ3) is 3.26. The Hall–Kier alpha value is -3.16. The molecule has 3 rings (SSSR count). The Labute approximate surface area is 175 Å². The van der Waals surface area contributed by atoms with Gasteiger partial charge in [-0.25, -0.2) is 4.79 Å². The van der Waals surface area contributed by atoms with E-state index in [1.54, 1.807) is 45.0 Å². The average Bonchev–Trinajstić information content (AvgIpc) is 2.94. The Morgan fingerprint density at radius 3 is 2.60 bits per heavy atom. The number of carbonyl (C=O) groups is 3. The van der Waals surface area contributed by atoms with E-state index in [0.29, 0.717) is 24.1 Å². The highest BCUT2D eigenvalue weighted by atomic mass is 16.6. The summed E-state index contributed by atoms with van der Waals surface area (Å²) in [6.45, 7) is 6.97. The summed E-state index contributed by atoms with van der Waals surface area (Å²) in [7, 11) is 0. The van der Waals surface area contributed by atoms with E-state index in [2.05, 4.69) is 5.32 Å². The molecule has 8 heteroatoms. The van der Waals surface area contributed by atoms with Crippen LogP contribution >= 0.6 is 0 Å². The minimum atomic E-state index is -1.80. The van der Waals surface area contributed by atoms with Gasteiger partial charge in [0.25, 0.3) is 0 Å². The number of amides is 1. The zero-order valence-corrected chi connectivity index (χ0v) is 17.5. The smallest absolute Gasteiger partial charge is 0.338 e. The Balaban J connectivity index is 2.36. The number of benzene rings is 1. The Bertz CT molecular complexity index is 935. The fourth-order valence-corrected chi connectivity index (χ4v) is 4.08. The molecule has 8 nitrogen and oxygen atoms in total. The van der Waals surface area contributed by atoms with Gasteiger partial charge in [-0.1, -0.05) is 25.1 Å². The lowest BCUT2D eigenvalue weighted by atomic mass is 9.63. The lowest BCUT2D eigenvalue weighted by Gasteiger charge is -2.40. The largest absolute Gasteiger partial charge is 0.462 e. The van der Waals surface area contributed by atoms with Gasteiger partial charge in [0.15, 0.2) is 5.92 Å². The maximum Gasteiger partial charge on any atom is 0.338 e. The van der Waals surface area contributed by atoms with E-state index in [1.165, 1.54) is 0 Å². The highest BCUT2D eigenvalue weighted by Crippen LogP contribution is 2.53. The molecule has 2 heterocycles. The summed E-state index contributed by atoms with van der Waals surface area (Å²) in [5, 5.41) is 11.3. The third-order valence-corrected chi connectivity index (χ3v) is 5.10. The van der Waals surface area contributed by atoms with Crippen molar-refractivity contribution in [3.05, 3.63) is 41.2 Å². The molecule has 1 amide bonds. The lowest BCUT2D eigenvalue weighted by molar-refractivity contribution is -0.155. The molecule has 0 radical (unpaired) electrons. The van der Waals surface area contributed by atoms with E-state index >= 15 is 0 Å². The van der Waals surface area contributed by atoms with E-state index in [0.717, 1.165) is 0 Å². The first-order valence-electron chi connectivity index (χ1n) is 10.1. The molecule has 30 heavy (non-hydrogen) atoms. The topological polar surface area (TPSA) is 115 Å². The maximum atomic E-state index is 13.5. The number of ether oxygens (including phenoxy) is 3. The van der Waals surface area contributed by atoms with Crippen LogP contribution in [0.25, 0.3) is 0 Å². The van der Waals surface area contributed by atoms with Gasteiger partial charge in [0, 0.05) is 12.1 Å². The Morgan fingerprint density at radius 1 is 1.27 bits per heavy atom. The van der Waals surface area contributed by atoms with Crippen LogP contribution in [0.5, 0.6) is 0 Å². The molecule has 0 bridgehead atoms. The molecule has 0 fully saturated rings. The number of hydrogen-bond acceptors (Lipinski definition) is 7. The summed E-state index contributed by atoms with van der Waals surface area (Å²) in [4.78, 5) is 39.8. The van der Waals surface area contributed by atoms with E-state index in [9.17, 15) is 14.4 Å². The van der Waals surface area contributed by atoms with Crippen LogP contribution in [-0.2, 0) is 34.0 Å². The van der Waals surface area contributed by atoms with Gasteiger partial charge in [0.05, 0.1) is 18.3 Å². The minimum absolute atomic E-state index is 0.0460. The highest BCUT2D eigenvalue weighted by Gasteiger charge is 2.65. The third-order valence-electron chi connectivity index (χ3n) is 5.10. The van der Waals surface area contributed by atoms with Crippen LogP contribution in [0.3, 0.4) is 0 Å². The van der Waals surface area contributed by atoms with Crippen LogP contribution in [-0.4, -0.2) is 36.5 Å². The molecule has 0 saturated carbocycles. The molecule has 2 aliphatic rings. The number of hydrogen-bond donors (Lipinski definition) is 2. The number of para-hydroxylation sites is 1. The van der Waals surface area contributed by atoms with Gasteiger partial charge in [-0.3, -0.25) is 15.0 Å². The van der Waals surface area contributed by atoms with E-state index in [1.807, 2.05) is 6.92 Å². The fraction of sp³-hybridized carbons (Fsp3) is 0.455. The van der Waals surface area contributed by atoms with Crippen LogP contribution in [0.1, 0.15) is 46.1 Å². The van der Waals surface area contributed by atoms with Gasteiger partial charge in [0.1, 0.15) is 11.2 Å². The molecule has 2 unspecified atom stereocenters. The molecule has 0 saturated heterocycles. The summed E-state index contributed by atoms with van der Waals surface area (Å²) >= 11 is 0. The quantitative estimate of drug-likeness (QED) is 0.692. The standard InChI is InChI=1S/C22H26N2O6/c1-5-9-15-16(19(25)28-6-2)22(13-10-7-8-11-14(13)24-21(22)27)17(18(23)30-15)20(26)29-12(3)4/h7-8,10-12,17,23H,5-6,9H2,1-4H3,(H,24,27). The van der Waals surface area contributed by atoms with Crippen molar-refractivity contribution in [2.75, 3.05) is 11.9 Å². The van der Waals surface area contributed by atoms with Crippen LogP contribution in [0.4, 0.5) is 5.69 Å². The van der Waals surface area contributed by atoms with E-state index in [4.69, 9.17) is 19.6 Å². The lowest BCUT2D eigenvalue weighted by Crippen LogP contribution is -2.56. The van der Waals surface area contributed by atoms with E-state index in [-0.39, 0.29) is 17.9 Å². The summed E-state index contributed by atoms with van der Waals surface area (Å²) in [6.07, 6.45) is 0.431. The molecular formula is C22H26N2O6. The van der Waals surface area contributed by atoms with Crippen LogP contribution in [0.2, 0.25) is 0 Å². The van der Waals surface area contributed by atoms with Gasteiger partial charge >= 0.3 is 11.9 Å². The molecule has 1 aromatic carbocycles. The maximum absolute atomic E-state index is 13.5. The van der Waals surface area contributed by atoms with Crippen molar-refractivity contribution in [1.82, 2.24) is 0 Å². The fourth-order valence-electron chi connectivity index (χ4n) is 4.08. The number of fused-ring (bicyclic) bond motifs is 2. The van der Waals surface area contributed by atoms with Gasteiger partial charge in [-0.05, 0) is 38.8 Å². The van der Waals surface area contributed by atoms with Gasteiger partial charge in [-0.15, -0.1) is 0 Å². The molecule has 1 spiro atoms. The first kappa shape index (κ1) is 21.5. The number of nitrogens with one attached hydrogen (secondary N) is 2. The summed E-state index contributed by atoms with van der Waals surface area (Å²) in [5.74, 6) is -3.85. The molecule has 160 valence electrons. The van der Waals surface area contributed by atoms with Crippen molar-refractivity contribution in [3.63, 3.8) is 0 Å². The van der Waals surface area contributed by atoms with Gasteiger partial charge < -0.3 is 19.5 Å². The Morgan fingerprint density at radius 2 is 1.97 bits per heavy atom. The highest BCUT2D eigenvalue weighted by molar-refractivity contribution is 6.21. The second-order valence-electron chi connectivity index (χ2n) is 7.46. The molecule has 0 aromatic heterocycles. The number of allylic oxidation sites excluding steroid dienone is 1. The van der Waals surface area contributed by atoms with Crippen molar-refractivity contribution < 1.29 is 28.6 Å². The molecule has 1 aromatic rings. The SMILES string of the molecule is CCCC1=C(C(=O)OCC)C2(C(=O)Nc3ccccc32)C(C(=O)OC(C)C)C(=N)O1. The first-order chi connectivity index (χ1) is 14.3. The van der Waals surface area contributed by atoms with Gasteiger partial charge in [0.2, 0.25) is 11.8 Å². The first-order valence-corrected chi connectivity index (χ1v) is 10.1. The predicted molar refractivity (Wildman–Crippen MR) is 109 cm³/mol. The molecule has 2 N–H and O–H groups in total. The van der Waals surface area contributed by atoms with E-state index < -0.39 is 41.2 Å². The second kappa shape index (κ2) is 8.30. The number of esters is 2. The van der Waals surface area contributed by atoms with Crippen molar-refractivity contribution >= 4 is 29.4 Å². The normalized spacial score (nSPS) is 22.6. The monoisotopic (exact) mass is 414 g/mol. The average molecular weight is 414 g/mol. The summed E-state index contributed by atoms with van der Waals surface area (Å²) < 4.78 is 16.3. The number of anilines is 1. The van der Waals surface area contributed by atoms with Crippen LogP contribution < -0.4 is 5.32 Å². The number of carbonyl (C=O) groups excluding carboxylic acids is 3. The molecule has 0 aliphatic carbocycles. The minimum Gasteiger partial charge on any atom is -0.462 e. The molecule has 2 aliphatic heterocycles. The number of rotatable bonds is 6. The van der Waals surface area contributed by atoms with Crippen molar-refractivity contribution in [2.45, 2.75) is 52.1 Å². The summed E-state index contributed by atoms with van der Waals surface area (Å²) in [6, 6.07) is 6.82. The second-order valence-corrected chi connectivity index (χ2v) is 7.46. The zero-order chi connectivity index (χ0) is 22.1. The molecular weight excluding hydrogens is 388 g/mol. The van der Waals surface area contributed by atoms with Crippen molar-refractivity contribution in [2.24, 2.45) is 5.92 Å². The van der Waals surface area contributed by atoms with Gasteiger partial charge in [-0.2, -0.15) is 0 Å². The Kier molecular flexibility index (Phi) is 5.96. The van der Waals surface area contributed by atoms with Crippen LogP contribution in [0, 0.1) is 11.3 Å². The molecule has 2 atom stereocenters. The zero-order valence-electron chi connectivity index (χ0n) is 17.5. The van der Waals surface area contributed by atoms with Crippen LogP contribution in [0.15, 0.2) is 35.6 Å². The predicted octanol–water partition coefficient (Wildman–Crippen LogP) is 3.07. The van der Waals surface area contributed by atoms with Crippen molar-refractivity contribution in [1.29, 1.82) is 5.41 Å². The van der Waals surface area contributed by atoms with Crippen molar-refractivity contribution in [3.8, 4) is 0 Å².